The van der Waals surface area contributed by atoms with E-state index in [1.54, 1.807) is 0 Å². The second kappa shape index (κ2) is 6.29. The van der Waals surface area contributed by atoms with E-state index in [-0.39, 0.29) is 0 Å². The molecule has 0 bridgehead atoms. The van der Waals surface area contributed by atoms with Crippen LogP contribution >= 0.6 is 23.4 Å². The van der Waals surface area contributed by atoms with Crippen molar-refractivity contribution in [2.45, 2.75) is 37.0 Å². The number of benzene rings is 1. The Balaban J connectivity index is 2.11. The number of halogens is 1. The van der Waals surface area contributed by atoms with Crippen molar-refractivity contribution < 1.29 is 0 Å². The Morgan fingerprint density at radius 2 is 2.33 bits per heavy atom. The molecule has 1 aliphatic carbocycles. The van der Waals surface area contributed by atoms with Crippen molar-refractivity contribution in [2.75, 3.05) is 12.1 Å². The standard InChI is InChI=1S/C16H18ClN3S/c1-21-13-6-5-12(9-13)20-14-4-2-3-11(10-18)16(14)19-15(20)7-8-17/h2-4,12-13H,5-9H2,1H3. The number of thioether (sulfide) groups is 1. The summed E-state index contributed by atoms with van der Waals surface area (Å²) in [5, 5.41) is 10.0. The molecule has 2 aromatic rings. The van der Waals surface area contributed by atoms with E-state index in [0.29, 0.717) is 17.5 Å². The molecule has 1 aromatic carbocycles. The van der Waals surface area contributed by atoms with Crippen molar-refractivity contribution in [3.8, 4) is 6.07 Å². The summed E-state index contributed by atoms with van der Waals surface area (Å²) in [6.07, 6.45) is 6.56. The maximum Gasteiger partial charge on any atom is 0.111 e. The number of aromatic nitrogens is 2. The molecular formula is C16H18ClN3S. The largest absolute Gasteiger partial charge is 0.325 e. The molecule has 5 heteroatoms. The lowest BCUT2D eigenvalue weighted by Crippen LogP contribution is -2.10. The number of alkyl halides is 1. The predicted octanol–water partition coefficient (Wildman–Crippen LogP) is 4.15. The molecule has 21 heavy (non-hydrogen) atoms. The van der Waals surface area contributed by atoms with Crippen molar-refractivity contribution >= 4 is 34.4 Å². The van der Waals surface area contributed by atoms with Crippen molar-refractivity contribution in [1.82, 2.24) is 9.55 Å². The van der Waals surface area contributed by atoms with Crippen LogP contribution in [-0.4, -0.2) is 26.9 Å². The van der Waals surface area contributed by atoms with Gasteiger partial charge in [-0.05, 0) is 37.7 Å². The topological polar surface area (TPSA) is 41.6 Å². The molecule has 1 fully saturated rings. The lowest BCUT2D eigenvalue weighted by molar-refractivity contribution is 0.514. The zero-order valence-corrected chi connectivity index (χ0v) is 13.6. The fourth-order valence-corrected chi connectivity index (χ4v) is 4.25. The van der Waals surface area contributed by atoms with Gasteiger partial charge in [0.25, 0.3) is 0 Å². The van der Waals surface area contributed by atoms with Crippen LogP contribution in [-0.2, 0) is 6.42 Å². The molecule has 1 aliphatic rings. The molecule has 1 heterocycles. The normalized spacial score (nSPS) is 21.8. The van der Waals surface area contributed by atoms with Crippen LogP contribution in [0.2, 0.25) is 0 Å². The minimum absolute atomic E-state index is 0.486. The van der Waals surface area contributed by atoms with E-state index in [0.717, 1.165) is 28.5 Å². The molecule has 0 spiro atoms. The maximum atomic E-state index is 9.28. The summed E-state index contributed by atoms with van der Waals surface area (Å²) >= 11 is 7.90. The van der Waals surface area contributed by atoms with Crippen LogP contribution in [0.3, 0.4) is 0 Å². The van der Waals surface area contributed by atoms with E-state index >= 15 is 0 Å². The Labute approximate surface area is 134 Å². The van der Waals surface area contributed by atoms with Gasteiger partial charge in [0.2, 0.25) is 0 Å². The number of aryl methyl sites for hydroxylation is 1. The lowest BCUT2D eigenvalue weighted by Gasteiger charge is -2.16. The van der Waals surface area contributed by atoms with Gasteiger partial charge >= 0.3 is 0 Å². The van der Waals surface area contributed by atoms with Crippen molar-refractivity contribution in [1.29, 1.82) is 5.26 Å². The summed E-state index contributed by atoms with van der Waals surface area (Å²) in [6, 6.07) is 8.60. The monoisotopic (exact) mass is 319 g/mol. The third kappa shape index (κ3) is 2.65. The number of nitrogens with zero attached hydrogens (tertiary/aromatic N) is 3. The van der Waals surface area contributed by atoms with E-state index < -0.39 is 0 Å². The second-order valence-electron chi connectivity index (χ2n) is 5.45. The van der Waals surface area contributed by atoms with Gasteiger partial charge in [0.05, 0.1) is 11.1 Å². The third-order valence-corrected chi connectivity index (χ3v) is 5.57. The fourth-order valence-electron chi connectivity index (χ4n) is 3.29. The summed E-state index contributed by atoms with van der Waals surface area (Å²) in [7, 11) is 0. The lowest BCUT2D eigenvalue weighted by atomic mass is 10.2. The first-order chi connectivity index (χ1) is 10.3. The minimum Gasteiger partial charge on any atom is -0.325 e. The first-order valence-electron chi connectivity index (χ1n) is 7.27. The number of para-hydroxylation sites is 1. The van der Waals surface area contributed by atoms with Gasteiger partial charge in [-0.3, -0.25) is 0 Å². The summed E-state index contributed by atoms with van der Waals surface area (Å²) in [5.74, 6) is 1.58. The molecule has 1 saturated carbocycles. The quantitative estimate of drug-likeness (QED) is 0.795. The molecule has 1 aromatic heterocycles. The van der Waals surface area contributed by atoms with Crippen molar-refractivity contribution in [2.24, 2.45) is 0 Å². The number of fused-ring (bicyclic) bond motifs is 1. The number of hydrogen-bond donors (Lipinski definition) is 0. The highest BCUT2D eigenvalue weighted by Gasteiger charge is 2.28. The van der Waals surface area contributed by atoms with Crippen LogP contribution in [0.15, 0.2) is 18.2 Å². The number of hydrogen-bond acceptors (Lipinski definition) is 3. The molecule has 2 unspecified atom stereocenters. The number of rotatable bonds is 4. The molecule has 3 nitrogen and oxygen atoms in total. The van der Waals surface area contributed by atoms with Crippen LogP contribution in [0.1, 0.15) is 36.7 Å². The Morgan fingerprint density at radius 1 is 1.48 bits per heavy atom. The SMILES string of the molecule is CSC1CCC(n2c(CCCl)nc3c(C#N)cccc32)C1. The van der Waals surface area contributed by atoms with Crippen molar-refractivity contribution in [3.05, 3.63) is 29.6 Å². The average molecular weight is 320 g/mol. The summed E-state index contributed by atoms with van der Waals surface area (Å²) in [5.41, 5.74) is 2.56. The Morgan fingerprint density at radius 3 is 3.00 bits per heavy atom. The van der Waals surface area contributed by atoms with E-state index in [9.17, 15) is 5.26 Å². The molecule has 0 aliphatic heterocycles. The van der Waals surface area contributed by atoms with Crippen LogP contribution in [0, 0.1) is 11.3 Å². The smallest absolute Gasteiger partial charge is 0.111 e. The molecule has 0 radical (unpaired) electrons. The zero-order chi connectivity index (χ0) is 14.8. The molecule has 0 amide bonds. The Kier molecular flexibility index (Phi) is 4.42. The van der Waals surface area contributed by atoms with Crippen LogP contribution in [0.25, 0.3) is 11.0 Å². The van der Waals surface area contributed by atoms with Crippen LogP contribution < -0.4 is 0 Å². The first-order valence-corrected chi connectivity index (χ1v) is 9.09. The number of imidazole rings is 1. The van der Waals surface area contributed by atoms with E-state index in [1.165, 1.54) is 19.3 Å². The maximum absolute atomic E-state index is 9.28. The average Bonchev–Trinajstić information content (AvgIpc) is 3.10. The van der Waals surface area contributed by atoms with E-state index in [2.05, 4.69) is 23.0 Å². The minimum atomic E-state index is 0.486. The van der Waals surface area contributed by atoms with Gasteiger partial charge in [0, 0.05) is 23.6 Å². The van der Waals surface area contributed by atoms with Crippen LogP contribution in [0.5, 0.6) is 0 Å². The molecule has 2 atom stereocenters. The van der Waals surface area contributed by atoms with Gasteiger partial charge in [0.15, 0.2) is 0 Å². The highest BCUT2D eigenvalue weighted by molar-refractivity contribution is 7.99. The summed E-state index contributed by atoms with van der Waals surface area (Å²) < 4.78 is 2.34. The molecule has 3 rings (SSSR count). The second-order valence-corrected chi connectivity index (χ2v) is 6.96. The predicted molar refractivity (Wildman–Crippen MR) is 89.1 cm³/mol. The third-order valence-electron chi connectivity index (χ3n) is 4.29. The highest BCUT2D eigenvalue weighted by Crippen LogP contribution is 2.39. The summed E-state index contributed by atoms with van der Waals surface area (Å²) in [4.78, 5) is 4.72. The fraction of sp³-hybridized carbons (Fsp3) is 0.500. The van der Waals surface area contributed by atoms with E-state index in [4.69, 9.17) is 16.6 Å². The Hall–Kier alpha value is -1.18. The van der Waals surface area contributed by atoms with Gasteiger partial charge in [0.1, 0.15) is 17.4 Å². The molecule has 0 N–H and O–H groups in total. The van der Waals surface area contributed by atoms with Gasteiger partial charge in [-0.1, -0.05) is 6.07 Å². The van der Waals surface area contributed by atoms with Gasteiger partial charge in [-0.2, -0.15) is 17.0 Å². The van der Waals surface area contributed by atoms with Gasteiger partial charge in [-0.15, -0.1) is 11.6 Å². The first kappa shape index (κ1) is 14.7. The van der Waals surface area contributed by atoms with Gasteiger partial charge < -0.3 is 4.57 Å². The highest BCUT2D eigenvalue weighted by atomic mass is 35.5. The van der Waals surface area contributed by atoms with Crippen molar-refractivity contribution in [3.63, 3.8) is 0 Å². The zero-order valence-electron chi connectivity index (χ0n) is 12.1. The molecular weight excluding hydrogens is 302 g/mol. The van der Waals surface area contributed by atoms with Crippen LogP contribution in [0.4, 0.5) is 0 Å². The Bertz CT molecular complexity index is 689. The molecule has 0 saturated heterocycles. The summed E-state index contributed by atoms with van der Waals surface area (Å²) in [6.45, 7) is 0. The van der Waals surface area contributed by atoms with E-state index in [1.807, 2.05) is 23.9 Å². The number of nitriles is 1. The molecule has 110 valence electrons. The van der Waals surface area contributed by atoms with Gasteiger partial charge in [-0.25, -0.2) is 4.98 Å².